The highest BCUT2D eigenvalue weighted by Gasteiger charge is 2.28. The Morgan fingerprint density at radius 3 is 2.42 bits per heavy atom. The lowest BCUT2D eigenvalue weighted by Crippen LogP contribution is -2.38. The molecular weight excluding hydrogens is 328 g/mol. The third-order valence-electron chi connectivity index (χ3n) is 4.34. The van der Waals surface area contributed by atoms with Crippen LogP contribution in [0.4, 0.5) is 5.95 Å². The number of hydrogen-bond acceptors (Lipinski definition) is 6. The first kappa shape index (κ1) is 18.5. The summed E-state index contributed by atoms with van der Waals surface area (Å²) >= 11 is 0. The molecule has 2 heterocycles. The monoisotopic (exact) mass is 352 g/mol. The van der Waals surface area contributed by atoms with E-state index < -0.39 is 11.0 Å². The van der Waals surface area contributed by atoms with Gasteiger partial charge in [0.05, 0.1) is 17.3 Å². The Balaban J connectivity index is 1.94. The molecule has 1 aromatic heterocycles. The average molecular weight is 352 g/mol. The summed E-state index contributed by atoms with van der Waals surface area (Å²) in [5, 5.41) is 0. The number of ketones is 1. The highest BCUT2D eigenvalue weighted by molar-refractivity contribution is 7.83. The number of Topliss-reactive ketones (excluding diaryl/α,β-unsaturated/α-hetero) is 1. The fourth-order valence-corrected chi connectivity index (χ4v) is 3.40. The van der Waals surface area contributed by atoms with Crippen molar-refractivity contribution in [1.29, 1.82) is 0 Å². The van der Waals surface area contributed by atoms with Crippen molar-refractivity contribution in [3.63, 3.8) is 0 Å². The maximum absolute atomic E-state index is 12.3. The van der Waals surface area contributed by atoms with Crippen molar-refractivity contribution in [2.75, 3.05) is 18.0 Å². The molecule has 8 heteroatoms. The zero-order chi connectivity index (χ0) is 17.7. The first-order valence-corrected chi connectivity index (χ1v) is 9.37. The molecule has 1 aliphatic rings. The lowest BCUT2D eigenvalue weighted by molar-refractivity contribution is -0.127. The Morgan fingerprint density at radius 1 is 1.33 bits per heavy atom. The Morgan fingerprint density at radius 2 is 1.92 bits per heavy atom. The van der Waals surface area contributed by atoms with Gasteiger partial charge < -0.3 is 4.90 Å². The van der Waals surface area contributed by atoms with Gasteiger partial charge in [0, 0.05) is 31.8 Å². The van der Waals surface area contributed by atoms with E-state index in [0.717, 1.165) is 32.4 Å². The molecular formula is C16H24N4O3S. The van der Waals surface area contributed by atoms with Crippen LogP contribution in [0.5, 0.6) is 0 Å². The highest BCUT2D eigenvalue weighted by atomic mass is 32.2. The van der Waals surface area contributed by atoms with Crippen LogP contribution in [0.25, 0.3) is 0 Å². The van der Waals surface area contributed by atoms with E-state index in [1.807, 2.05) is 18.7 Å². The van der Waals surface area contributed by atoms with Gasteiger partial charge in [0.1, 0.15) is 5.78 Å². The predicted molar refractivity (Wildman–Crippen MR) is 91.7 cm³/mol. The van der Waals surface area contributed by atoms with E-state index in [-0.39, 0.29) is 17.7 Å². The molecule has 24 heavy (non-hydrogen) atoms. The zero-order valence-electron chi connectivity index (χ0n) is 14.3. The Kier molecular flexibility index (Phi) is 6.42. The van der Waals surface area contributed by atoms with Crippen molar-refractivity contribution < 1.29 is 13.8 Å². The number of piperidine rings is 1. The van der Waals surface area contributed by atoms with Crippen molar-refractivity contribution in [3.8, 4) is 0 Å². The van der Waals surface area contributed by atoms with Gasteiger partial charge in [-0.1, -0.05) is 13.8 Å². The summed E-state index contributed by atoms with van der Waals surface area (Å²) < 4.78 is 14.1. The summed E-state index contributed by atoms with van der Waals surface area (Å²) in [6, 6.07) is 0. The zero-order valence-corrected chi connectivity index (χ0v) is 15.1. The van der Waals surface area contributed by atoms with Gasteiger partial charge in [0.25, 0.3) is 0 Å². The number of carbonyl (C=O) groups is 2. The molecule has 2 atom stereocenters. The molecule has 1 aliphatic heterocycles. The van der Waals surface area contributed by atoms with Gasteiger partial charge in [-0.2, -0.15) is 0 Å². The van der Waals surface area contributed by atoms with E-state index in [1.54, 1.807) is 0 Å². The Labute approximate surface area is 144 Å². The summed E-state index contributed by atoms with van der Waals surface area (Å²) in [7, 11) is -1.63. The fourth-order valence-electron chi connectivity index (χ4n) is 2.73. The van der Waals surface area contributed by atoms with Gasteiger partial charge in [-0.15, -0.1) is 0 Å². The quantitative estimate of drug-likeness (QED) is 0.833. The van der Waals surface area contributed by atoms with Crippen LogP contribution in [0, 0.1) is 11.8 Å². The third kappa shape index (κ3) is 4.59. The molecule has 0 spiro atoms. The number of rotatable bonds is 6. The van der Waals surface area contributed by atoms with Gasteiger partial charge >= 0.3 is 0 Å². The molecule has 1 N–H and O–H groups in total. The molecule has 1 fully saturated rings. The van der Waals surface area contributed by atoms with Crippen LogP contribution in [-0.2, 0) is 20.6 Å². The van der Waals surface area contributed by atoms with Crippen LogP contribution in [0.1, 0.15) is 40.0 Å². The van der Waals surface area contributed by atoms with Crippen LogP contribution < -0.4 is 9.62 Å². The maximum atomic E-state index is 12.3. The molecule has 0 aromatic carbocycles. The Hall–Kier alpha value is -1.83. The minimum absolute atomic E-state index is 0.126. The molecule has 1 aromatic rings. The number of aromatic nitrogens is 2. The molecule has 132 valence electrons. The summed E-state index contributed by atoms with van der Waals surface area (Å²) in [5.74, 6) is 0.807. The van der Waals surface area contributed by atoms with Crippen LogP contribution >= 0.6 is 0 Å². The smallest absolute Gasteiger partial charge is 0.228 e. The van der Waals surface area contributed by atoms with Crippen molar-refractivity contribution >= 4 is 28.6 Å². The van der Waals surface area contributed by atoms with E-state index in [1.165, 1.54) is 19.3 Å². The molecule has 2 rings (SSSR count). The van der Waals surface area contributed by atoms with Gasteiger partial charge in [-0.3, -0.25) is 14.3 Å². The van der Waals surface area contributed by atoms with Gasteiger partial charge in [0.15, 0.2) is 11.0 Å². The number of carbonyl (C=O) groups excluding carboxylic acids is 2. The first-order chi connectivity index (χ1) is 11.4. The molecule has 7 nitrogen and oxygen atoms in total. The predicted octanol–water partition coefficient (Wildman–Crippen LogP) is 1.47. The second-order valence-electron chi connectivity index (χ2n) is 6.12. The van der Waals surface area contributed by atoms with Crippen LogP contribution in [0.15, 0.2) is 17.3 Å². The molecule has 0 saturated carbocycles. The van der Waals surface area contributed by atoms with E-state index in [9.17, 15) is 13.8 Å². The summed E-state index contributed by atoms with van der Waals surface area (Å²) in [4.78, 5) is 34.0. The summed E-state index contributed by atoms with van der Waals surface area (Å²) in [6.07, 6.45) is 5.43. The maximum Gasteiger partial charge on any atom is 0.228 e. The summed E-state index contributed by atoms with van der Waals surface area (Å²) in [6.45, 7) is 6.81. The van der Waals surface area contributed by atoms with Crippen LogP contribution in [0.3, 0.4) is 0 Å². The molecule has 0 radical (unpaired) electrons. The van der Waals surface area contributed by atoms with E-state index in [0.29, 0.717) is 16.6 Å². The van der Waals surface area contributed by atoms with E-state index in [4.69, 9.17) is 0 Å². The minimum atomic E-state index is -1.63. The number of nitrogens with one attached hydrogen (secondary N) is 1. The first-order valence-electron chi connectivity index (χ1n) is 8.22. The molecule has 0 aliphatic carbocycles. The topological polar surface area (TPSA) is 92.3 Å². The largest absolute Gasteiger partial charge is 0.341 e. The van der Waals surface area contributed by atoms with Gasteiger partial charge in [-0.05, 0) is 19.3 Å². The van der Waals surface area contributed by atoms with E-state index in [2.05, 4.69) is 14.7 Å². The van der Waals surface area contributed by atoms with Crippen molar-refractivity contribution in [2.45, 2.75) is 44.9 Å². The van der Waals surface area contributed by atoms with E-state index >= 15 is 0 Å². The average Bonchev–Trinajstić information content (AvgIpc) is 2.60. The van der Waals surface area contributed by atoms with Crippen LogP contribution in [0.2, 0.25) is 0 Å². The number of anilines is 1. The standard InChI is InChI=1S/C16H24N4O3S/c1-4-11(2)15(22)13-5-7-20(8-6-13)16-17-9-14(10-18-16)24(23)19-12(3)21/h9-11,13H,4-8H2,1-3H3,(H,19,21). The van der Waals surface area contributed by atoms with Gasteiger partial charge in [-0.25, -0.2) is 14.2 Å². The molecule has 1 saturated heterocycles. The van der Waals surface area contributed by atoms with Gasteiger partial charge in [0.2, 0.25) is 11.9 Å². The lowest BCUT2D eigenvalue weighted by Gasteiger charge is -2.32. The second kappa shape index (κ2) is 8.32. The van der Waals surface area contributed by atoms with Crippen molar-refractivity contribution in [1.82, 2.24) is 14.7 Å². The second-order valence-corrected chi connectivity index (χ2v) is 7.33. The fraction of sp³-hybridized carbons (Fsp3) is 0.625. The molecule has 1 amide bonds. The number of amides is 1. The number of hydrogen-bond donors (Lipinski definition) is 1. The Bertz CT molecular complexity index is 612. The summed E-state index contributed by atoms with van der Waals surface area (Å²) in [5.41, 5.74) is 0. The minimum Gasteiger partial charge on any atom is -0.341 e. The third-order valence-corrected chi connectivity index (χ3v) is 5.46. The molecule has 2 unspecified atom stereocenters. The normalized spacial score (nSPS) is 18.0. The highest BCUT2D eigenvalue weighted by Crippen LogP contribution is 2.24. The number of nitrogens with zero attached hydrogens (tertiary/aromatic N) is 3. The lowest BCUT2D eigenvalue weighted by atomic mass is 9.85. The SMILES string of the molecule is CCC(C)C(=O)C1CCN(c2ncc(S(=O)NC(C)=O)cn2)CC1. The molecule has 0 bridgehead atoms. The van der Waals surface area contributed by atoms with Crippen molar-refractivity contribution in [2.24, 2.45) is 11.8 Å². The van der Waals surface area contributed by atoms with Crippen LogP contribution in [-0.4, -0.2) is 39.0 Å². The van der Waals surface area contributed by atoms with Crippen molar-refractivity contribution in [3.05, 3.63) is 12.4 Å².